The van der Waals surface area contributed by atoms with Gasteiger partial charge in [0.1, 0.15) is 0 Å². The zero-order valence-corrected chi connectivity index (χ0v) is 15.2. The number of hydrogen-bond acceptors (Lipinski definition) is 5. The normalized spacial score (nSPS) is 10.6. The monoisotopic (exact) mass is 368 g/mol. The minimum absolute atomic E-state index is 0.0953. The highest BCUT2D eigenvalue weighted by Gasteiger charge is 2.11. The summed E-state index contributed by atoms with van der Waals surface area (Å²) in [6.45, 7) is 0. The van der Waals surface area contributed by atoms with Crippen LogP contribution in [0.15, 0.2) is 58.6 Å². The molecule has 2 aromatic carbocycles. The van der Waals surface area contributed by atoms with Crippen LogP contribution in [-0.4, -0.2) is 27.0 Å². The zero-order chi connectivity index (χ0) is 17.6. The zero-order valence-electron chi connectivity index (χ0n) is 13.6. The van der Waals surface area contributed by atoms with E-state index < -0.39 is 0 Å². The van der Waals surface area contributed by atoms with Crippen molar-refractivity contribution in [3.05, 3.63) is 48.5 Å². The molecule has 25 heavy (non-hydrogen) atoms. The van der Waals surface area contributed by atoms with Crippen molar-refractivity contribution >= 4 is 46.2 Å². The number of para-hydroxylation sites is 3. The van der Waals surface area contributed by atoms with Gasteiger partial charge in [-0.25, -0.2) is 4.98 Å². The molecule has 0 saturated carbocycles. The van der Waals surface area contributed by atoms with Gasteiger partial charge in [-0.3, -0.25) is 4.79 Å². The smallest absolute Gasteiger partial charge is 0.234 e. The molecule has 0 fully saturated rings. The van der Waals surface area contributed by atoms with E-state index in [0.717, 1.165) is 26.8 Å². The number of rotatable bonds is 6. The molecule has 0 radical (unpaired) electrons. The summed E-state index contributed by atoms with van der Waals surface area (Å²) < 4.78 is 1.99. The third kappa shape index (κ3) is 4.16. The number of benzene rings is 2. The maximum Gasteiger partial charge on any atom is 0.234 e. The molecule has 0 unspecified atom stereocenters. The molecule has 3 aromatic rings. The number of nitriles is 1. The number of anilines is 1. The first-order valence-corrected chi connectivity index (χ1v) is 9.59. The Hall–Kier alpha value is -2.43. The second kappa shape index (κ2) is 8.10. The maximum atomic E-state index is 12.3. The van der Waals surface area contributed by atoms with Gasteiger partial charge in [-0.2, -0.15) is 5.26 Å². The fourth-order valence-electron chi connectivity index (χ4n) is 2.37. The Kier molecular flexibility index (Phi) is 5.64. The molecular formula is C18H16N4OS2. The molecule has 0 aliphatic rings. The number of aryl methyl sites for hydroxylation is 1. The summed E-state index contributed by atoms with van der Waals surface area (Å²) in [4.78, 5) is 17.7. The van der Waals surface area contributed by atoms with Gasteiger partial charge in [-0.05, 0) is 24.3 Å². The Morgan fingerprint density at radius 2 is 1.96 bits per heavy atom. The molecule has 3 rings (SSSR count). The SMILES string of the molecule is Cn1c(SCC(=O)Nc2ccccc2SCC#N)nc2ccccc21. The van der Waals surface area contributed by atoms with Crippen molar-refractivity contribution in [2.75, 3.05) is 16.8 Å². The maximum absolute atomic E-state index is 12.3. The number of carbonyl (C=O) groups excluding carboxylic acids is 1. The molecule has 1 N–H and O–H groups in total. The molecule has 0 aliphatic carbocycles. The average molecular weight is 368 g/mol. The van der Waals surface area contributed by atoms with Crippen molar-refractivity contribution in [1.29, 1.82) is 5.26 Å². The van der Waals surface area contributed by atoms with E-state index in [1.54, 1.807) is 0 Å². The highest BCUT2D eigenvalue weighted by Crippen LogP contribution is 2.27. The van der Waals surface area contributed by atoms with Crippen LogP contribution in [0.4, 0.5) is 5.69 Å². The second-order valence-corrected chi connectivity index (χ2v) is 7.18. The van der Waals surface area contributed by atoms with Gasteiger partial charge >= 0.3 is 0 Å². The summed E-state index contributed by atoms with van der Waals surface area (Å²) in [7, 11) is 1.95. The van der Waals surface area contributed by atoms with E-state index >= 15 is 0 Å². The van der Waals surface area contributed by atoms with Gasteiger partial charge < -0.3 is 9.88 Å². The van der Waals surface area contributed by atoms with Crippen LogP contribution in [0.25, 0.3) is 11.0 Å². The predicted molar refractivity (Wildman–Crippen MR) is 103 cm³/mol. The van der Waals surface area contributed by atoms with E-state index in [0.29, 0.717) is 5.75 Å². The Balaban J connectivity index is 1.65. The van der Waals surface area contributed by atoms with Crippen LogP contribution in [0.2, 0.25) is 0 Å². The van der Waals surface area contributed by atoms with Gasteiger partial charge in [0.05, 0.1) is 34.3 Å². The first-order valence-electron chi connectivity index (χ1n) is 7.62. The Morgan fingerprint density at radius 1 is 1.20 bits per heavy atom. The van der Waals surface area contributed by atoms with Gasteiger partial charge in [-0.15, -0.1) is 11.8 Å². The fourth-order valence-corrected chi connectivity index (χ4v) is 3.83. The number of thioether (sulfide) groups is 2. The number of hydrogen-bond donors (Lipinski definition) is 1. The van der Waals surface area contributed by atoms with E-state index in [1.165, 1.54) is 23.5 Å². The Bertz CT molecular complexity index is 946. The molecule has 0 saturated heterocycles. The lowest BCUT2D eigenvalue weighted by Crippen LogP contribution is -2.15. The van der Waals surface area contributed by atoms with Crippen molar-refractivity contribution in [1.82, 2.24) is 9.55 Å². The second-order valence-electron chi connectivity index (χ2n) is 5.22. The molecule has 1 aromatic heterocycles. The summed E-state index contributed by atoms with van der Waals surface area (Å²) in [5, 5.41) is 12.5. The molecule has 1 amide bonds. The summed E-state index contributed by atoms with van der Waals surface area (Å²) in [6.07, 6.45) is 0. The van der Waals surface area contributed by atoms with E-state index in [9.17, 15) is 4.79 Å². The summed E-state index contributed by atoms with van der Waals surface area (Å²) in [5.41, 5.74) is 2.70. The highest BCUT2D eigenvalue weighted by atomic mass is 32.2. The van der Waals surface area contributed by atoms with Crippen LogP contribution >= 0.6 is 23.5 Å². The predicted octanol–water partition coefficient (Wildman–Crippen LogP) is 3.92. The third-order valence-electron chi connectivity index (χ3n) is 3.53. The number of amides is 1. The van der Waals surface area contributed by atoms with Crippen molar-refractivity contribution in [3.63, 3.8) is 0 Å². The van der Waals surface area contributed by atoms with Crippen molar-refractivity contribution in [2.24, 2.45) is 7.05 Å². The number of nitrogens with one attached hydrogen (secondary N) is 1. The van der Waals surface area contributed by atoms with Gasteiger partial charge in [0, 0.05) is 11.9 Å². The number of carbonyl (C=O) groups is 1. The number of aromatic nitrogens is 2. The first-order chi connectivity index (χ1) is 12.2. The molecule has 1 heterocycles. The van der Waals surface area contributed by atoms with E-state index in [-0.39, 0.29) is 11.7 Å². The Morgan fingerprint density at radius 3 is 2.76 bits per heavy atom. The van der Waals surface area contributed by atoms with Crippen LogP contribution in [0.3, 0.4) is 0 Å². The fraction of sp³-hybridized carbons (Fsp3) is 0.167. The van der Waals surface area contributed by atoms with E-state index in [1.807, 2.05) is 60.1 Å². The molecule has 126 valence electrons. The minimum Gasteiger partial charge on any atom is -0.324 e. The minimum atomic E-state index is -0.0953. The van der Waals surface area contributed by atoms with Crippen molar-refractivity contribution in [3.8, 4) is 6.07 Å². The van der Waals surface area contributed by atoms with Gasteiger partial charge in [0.2, 0.25) is 5.91 Å². The topological polar surface area (TPSA) is 70.7 Å². The van der Waals surface area contributed by atoms with Crippen LogP contribution in [0.5, 0.6) is 0 Å². The third-order valence-corrected chi connectivity index (χ3v) is 5.50. The summed E-state index contributed by atoms with van der Waals surface area (Å²) >= 11 is 2.81. The molecule has 0 spiro atoms. The van der Waals surface area contributed by atoms with Crippen LogP contribution < -0.4 is 5.32 Å². The van der Waals surface area contributed by atoms with Crippen molar-refractivity contribution in [2.45, 2.75) is 10.1 Å². The standard InChI is InChI=1S/C18H16N4OS2/c1-22-15-8-4-2-6-13(15)21-18(22)25-12-17(23)20-14-7-3-5-9-16(14)24-11-10-19/h2-9H,11-12H2,1H3,(H,20,23). The van der Waals surface area contributed by atoms with Crippen LogP contribution in [0.1, 0.15) is 0 Å². The van der Waals surface area contributed by atoms with Crippen molar-refractivity contribution < 1.29 is 4.79 Å². The van der Waals surface area contributed by atoms with Gasteiger partial charge in [-0.1, -0.05) is 36.0 Å². The number of imidazole rings is 1. The average Bonchev–Trinajstić information content (AvgIpc) is 2.95. The highest BCUT2D eigenvalue weighted by molar-refractivity contribution is 8.00. The summed E-state index contributed by atoms with van der Waals surface area (Å²) in [5.74, 6) is 0.526. The lowest BCUT2D eigenvalue weighted by atomic mass is 10.3. The Labute approximate surface area is 154 Å². The quantitative estimate of drug-likeness (QED) is 0.668. The van der Waals surface area contributed by atoms with E-state index in [2.05, 4.69) is 16.4 Å². The molecule has 0 atom stereocenters. The first kappa shape index (κ1) is 17.4. The lowest BCUT2D eigenvalue weighted by Gasteiger charge is -2.09. The lowest BCUT2D eigenvalue weighted by molar-refractivity contribution is -0.113. The van der Waals surface area contributed by atoms with E-state index in [4.69, 9.17) is 5.26 Å². The van der Waals surface area contributed by atoms with Gasteiger partial charge in [0.25, 0.3) is 0 Å². The molecule has 5 nitrogen and oxygen atoms in total. The molecular weight excluding hydrogens is 352 g/mol. The van der Waals surface area contributed by atoms with Gasteiger partial charge in [0.15, 0.2) is 5.16 Å². The number of nitrogens with zero attached hydrogens (tertiary/aromatic N) is 3. The molecule has 0 bridgehead atoms. The van der Waals surface area contributed by atoms with Crippen LogP contribution in [0, 0.1) is 11.3 Å². The van der Waals surface area contributed by atoms with Crippen LogP contribution in [-0.2, 0) is 11.8 Å². The molecule has 0 aliphatic heterocycles. The largest absolute Gasteiger partial charge is 0.324 e. The molecule has 7 heteroatoms. The number of fused-ring (bicyclic) bond motifs is 1. The summed E-state index contributed by atoms with van der Waals surface area (Å²) in [6, 6.07) is 17.5.